The Labute approximate surface area is 202 Å². The molecule has 1 N–H and O–H groups in total. The van der Waals surface area contributed by atoms with Crippen LogP contribution in [0.4, 0.5) is 0 Å². The predicted octanol–water partition coefficient (Wildman–Crippen LogP) is 2.88. The van der Waals surface area contributed by atoms with E-state index in [1.807, 2.05) is 6.07 Å². The molecule has 160 valence electrons. The van der Waals surface area contributed by atoms with Crippen molar-refractivity contribution >= 4 is 10.1 Å². The molecule has 0 fully saturated rings. The largest absolute Gasteiger partial charge is 1.00 e. The molecule has 0 bridgehead atoms. The van der Waals surface area contributed by atoms with Gasteiger partial charge in [-0.25, -0.2) is 0 Å². The van der Waals surface area contributed by atoms with Gasteiger partial charge in [-0.05, 0) is 42.4 Å². The molecular weight excluding hydrogens is 411 g/mol. The number of rotatable bonds is 13. The zero-order valence-electron chi connectivity index (χ0n) is 18.1. The first-order valence-electron chi connectivity index (χ1n) is 10.5. The van der Waals surface area contributed by atoms with Crippen LogP contribution in [0.2, 0.25) is 0 Å². The number of unbranched alkanes of at least 4 members (excludes halogenated alkanes) is 8. The zero-order valence-corrected chi connectivity index (χ0v) is 20.9. The molecule has 0 aromatic heterocycles. The van der Waals surface area contributed by atoms with Crippen molar-refractivity contribution in [2.75, 3.05) is 0 Å². The van der Waals surface area contributed by atoms with Crippen LogP contribution in [0, 0.1) is 0 Å². The van der Waals surface area contributed by atoms with Crippen LogP contribution >= 0.6 is 0 Å². The topological polar surface area (TPSA) is 86.7 Å². The Balaban J connectivity index is 0.00000450. The summed E-state index contributed by atoms with van der Waals surface area (Å²) in [5, 5.41) is 12.6. The summed E-state index contributed by atoms with van der Waals surface area (Å²) >= 11 is 0. The van der Waals surface area contributed by atoms with E-state index in [0.717, 1.165) is 19.3 Å². The minimum absolute atomic E-state index is 0. The Bertz CT molecular complexity index is 853. The van der Waals surface area contributed by atoms with Gasteiger partial charge in [-0.2, -0.15) is 8.42 Å². The minimum atomic E-state index is -4.63. The normalized spacial score (nSPS) is 11.1. The van der Waals surface area contributed by atoms with Gasteiger partial charge in [-0.1, -0.05) is 82.6 Å². The summed E-state index contributed by atoms with van der Waals surface area (Å²) in [7, 11) is -4.63. The first kappa shape index (κ1) is 27.0. The molecule has 0 saturated heterocycles. The summed E-state index contributed by atoms with van der Waals surface area (Å²) in [5.41, 5.74) is 0.348. The molecule has 2 aromatic rings. The molecule has 5 nitrogen and oxygen atoms in total. The molecule has 0 spiro atoms. The Kier molecular flexibility index (Phi) is 12.7. The van der Waals surface area contributed by atoms with E-state index in [1.54, 1.807) is 30.3 Å². The number of para-hydroxylation sites is 1. The predicted molar refractivity (Wildman–Crippen MR) is 113 cm³/mol. The van der Waals surface area contributed by atoms with Crippen molar-refractivity contribution in [2.45, 2.75) is 76.0 Å². The smallest absolute Gasteiger partial charge is 0.869 e. The fourth-order valence-corrected chi connectivity index (χ4v) is 4.22. The molecule has 0 saturated carbocycles. The van der Waals surface area contributed by atoms with Gasteiger partial charge in [-0.15, -0.1) is 0 Å². The zero-order chi connectivity index (χ0) is 21.1. The van der Waals surface area contributed by atoms with Crippen molar-refractivity contribution < 1.29 is 52.4 Å². The van der Waals surface area contributed by atoms with Gasteiger partial charge in [0.1, 0.15) is 11.5 Å². The van der Waals surface area contributed by atoms with Gasteiger partial charge >= 0.3 is 29.6 Å². The molecule has 0 aliphatic heterocycles. The number of benzene rings is 2. The van der Waals surface area contributed by atoms with Crippen LogP contribution < -0.4 is 39.4 Å². The van der Waals surface area contributed by atoms with Gasteiger partial charge in [0.05, 0.1) is 4.90 Å². The fraction of sp³-hybridized carbons (Fsp3) is 0.478. The second kappa shape index (κ2) is 14.1. The maximum atomic E-state index is 12.6. The Morgan fingerprint density at radius 2 is 1.43 bits per heavy atom. The van der Waals surface area contributed by atoms with Crippen LogP contribution in [-0.4, -0.2) is 13.0 Å². The molecule has 2 rings (SSSR count). The van der Waals surface area contributed by atoms with Crippen molar-refractivity contribution in [3.63, 3.8) is 0 Å². The second-order valence-electron chi connectivity index (χ2n) is 7.35. The minimum Gasteiger partial charge on any atom is -0.869 e. The van der Waals surface area contributed by atoms with Crippen molar-refractivity contribution in [3.8, 4) is 17.2 Å². The van der Waals surface area contributed by atoms with Gasteiger partial charge in [0.15, 0.2) is 0 Å². The van der Waals surface area contributed by atoms with E-state index < -0.39 is 20.8 Å². The number of aryl methyl sites for hydroxylation is 1. The molecule has 0 heterocycles. The third kappa shape index (κ3) is 8.98. The third-order valence-corrected chi connectivity index (χ3v) is 5.90. The second-order valence-corrected chi connectivity index (χ2v) is 8.71. The van der Waals surface area contributed by atoms with E-state index >= 15 is 0 Å². The van der Waals surface area contributed by atoms with Crippen LogP contribution in [0.5, 0.6) is 17.2 Å². The van der Waals surface area contributed by atoms with Gasteiger partial charge < -0.3 is 9.84 Å². The maximum Gasteiger partial charge on any atom is 1.00 e. The van der Waals surface area contributed by atoms with Crippen LogP contribution in [0.1, 0.15) is 70.3 Å². The molecule has 0 atom stereocenters. The number of hydrogen-bond acceptors (Lipinski definition) is 4. The number of ether oxygens (including phenoxy) is 1. The van der Waals surface area contributed by atoms with Crippen molar-refractivity contribution in [1.29, 1.82) is 0 Å². The van der Waals surface area contributed by atoms with Crippen LogP contribution in [0.3, 0.4) is 0 Å². The molecule has 7 heteroatoms. The van der Waals surface area contributed by atoms with E-state index in [4.69, 9.17) is 4.74 Å². The van der Waals surface area contributed by atoms with E-state index in [1.165, 1.54) is 44.6 Å². The Morgan fingerprint density at radius 1 is 0.867 bits per heavy atom. The first-order chi connectivity index (χ1) is 13.9. The summed E-state index contributed by atoms with van der Waals surface area (Å²) < 4.78 is 38.8. The molecule has 0 amide bonds. The molecule has 0 radical (unpaired) electrons. The summed E-state index contributed by atoms with van der Waals surface area (Å²) in [6, 6.07) is 11.7. The van der Waals surface area contributed by atoms with Gasteiger partial charge in [-0.3, -0.25) is 4.55 Å². The molecule has 2 aromatic carbocycles. The monoisotopic (exact) mass is 442 g/mol. The van der Waals surface area contributed by atoms with Gasteiger partial charge in [0.25, 0.3) is 10.1 Å². The average Bonchev–Trinajstić information content (AvgIpc) is 2.68. The first-order valence-corrected chi connectivity index (χ1v) is 11.9. The quantitative estimate of drug-likeness (QED) is 0.293. The van der Waals surface area contributed by atoms with Crippen LogP contribution in [0.25, 0.3) is 0 Å². The summed E-state index contributed by atoms with van der Waals surface area (Å²) in [6.07, 6.45) is 10.8. The van der Waals surface area contributed by atoms with Crippen LogP contribution in [0.15, 0.2) is 47.4 Å². The summed E-state index contributed by atoms with van der Waals surface area (Å²) in [5.74, 6) is -0.484. The average molecular weight is 443 g/mol. The van der Waals surface area contributed by atoms with Crippen LogP contribution in [-0.2, 0) is 16.5 Å². The summed E-state index contributed by atoms with van der Waals surface area (Å²) in [4.78, 5) is -0.564. The van der Waals surface area contributed by atoms with E-state index in [0.29, 0.717) is 17.7 Å². The summed E-state index contributed by atoms with van der Waals surface area (Å²) in [6.45, 7) is 2.20. The fourth-order valence-electron chi connectivity index (χ4n) is 3.39. The van der Waals surface area contributed by atoms with Crippen molar-refractivity contribution in [1.82, 2.24) is 0 Å². The molecule has 0 aliphatic carbocycles. The van der Waals surface area contributed by atoms with E-state index in [2.05, 4.69) is 6.92 Å². The van der Waals surface area contributed by atoms with E-state index in [9.17, 15) is 18.1 Å². The Hall–Kier alpha value is -1.05. The van der Waals surface area contributed by atoms with Crippen molar-refractivity contribution in [3.05, 3.63) is 48.0 Å². The van der Waals surface area contributed by atoms with Gasteiger partial charge in [0, 0.05) is 0 Å². The molecule has 30 heavy (non-hydrogen) atoms. The SMILES string of the molecule is CCCCCCCCCCCc1ccc(Oc2ccccc2)c([O-])c1S(=O)(=O)O.[Na+]. The standard InChI is InChI=1S/C23H32O5S.Na/c1-2-3-4-5-6-7-8-9-11-14-19-17-18-21(22(24)23(19)29(25,26)27)28-20-15-12-10-13-16-20;/h10,12-13,15-18,24H,2-9,11,14H2,1H3,(H,25,26,27);/q;+1/p-1. The van der Waals surface area contributed by atoms with Crippen molar-refractivity contribution in [2.24, 2.45) is 0 Å². The maximum absolute atomic E-state index is 12.6. The molecular formula is C23H31NaO5S. The third-order valence-electron chi connectivity index (χ3n) is 4.94. The molecule has 0 aliphatic rings. The van der Waals surface area contributed by atoms with Gasteiger partial charge in [0.2, 0.25) is 0 Å². The molecule has 0 unspecified atom stereocenters. The number of hydrogen-bond donors (Lipinski definition) is 1. The Morgan fingerprint density at radius 3 is 2.00 bits per heavy atom. The van der Waals surface area contributed by atoms with E-state index in [-0.39, 0.29) is 35.3 Å².